The van der Waals surface area contributed by atoms with Crippen LogP contribution in [0, 0.1) is 5.92 Å². The molecule has 1 atom stereocenters. The first kappa shape index (κ1) is 13.9. The van der Waals surface area contributed by atoms with Gasteiger partial charge in [0, 0.05) is 4.47 Å². The molecular weight excluding hydrogens is 320 g/mol. The maximum atomic E-state index is 11.3. The van der Waals surface area contributed by atoms with Crippen molar-refractivity contribution >= 4 is 27.0 Å². The number of imidazole rings is 1. The van der Waals surface area contributed by atoms with E-state index in [9.17, 15) is 9.90 Å². The number of halogens is 1. The van der Waals surface area contributed by atoms with E-state index < -0.39 is 6.10 Å². The average molecular weight is 339 g/mol. The Hall–Kier alpha value is -1.07. The van der Waals surface area contributed by atoms with Crippen molar-refractivity contribution < 1.29 is 5.11 Å². The number of benzene rings is 1. The van der Waals surface area contributed by atoms with Crippen molar-refractivity contribution in [1.82, 2.24) is 9.97 Å². The fraction of sp³-hybridized carbons (Fsp3) is 0.533. The third kappa shape index (κ3) is 2.69. The average Bonchev–Trinajstić information content (AvgIpc) is 2.64. The topological polar surface area (TPSA) is 68.9 Å². The van der Waals surface area contributed by atoms with Gasteiger partial charge in [0.15, 0.2) is 0 Å². The Morgan fingerprint density at radius 1 is 1.10 bits per heavy atom. The molecule has 1 saturated carbocycles. The maximum absolute atomic E-state index is 11.3. The van der Waals surface area contributed by atoms with Gasteiger partial charge in [-0.15, -0.1) is 0 Å². The second-order valence-electron chi connectivity index (χ2n) is 5.69. The predicted octanol–water partition coefficient (Wildman–Crippen LogP) is 3.62. The predicted molar refractivity (Wildman–Crippen MR) is 82.8 cm³/mol. The second kappa shape index (κ2) is 5.74. The van der Waals surface area contributed by atoms with Gasteiger partial charge in [0.25, 0.3) is 0 Å². The Bertz CT molecular complexity index is 653. The number of nitrogens with one attached hydrogen (secondary N) is 2. The van der Waals surface area contributed by atoms with E-state index in [1.165, 1.54) is 25.7 Å². The molecule has 0 radical (unpaired) electrons. The summed E-state index contributed by atoms with van der Waals surface area (Å²) in [4.78, 5) is 16.8. The third-order valence-corrected chi connectivity index (χ3v) is 4.98. The Morgan fingerprint density at radius 3 is 2.35 bits per heavy atom. The third-order valence-electron chi connectivity index (χ3n) is 4.30. The molecule has 0 amide bonds. The van der Waals surface area contributed by atoms with Gasteiger partial charge in [-0.1, -0.05) is 41.6 Å². The van der Waals surface area contributed by atoms with E-state index >= 15 is 0 Å². The van der Waals surface area contributed by atoms with Crippen LogP contribution in [0.3, 0.4) is 0 Å². The molecule has 1 aromatic heterocycles. The molecule has 0 saturated heterocycles. The van der Waals surface area contributed by atoms with Gasteiger partial charge in [-0.3, -0.25) is 0 Å². The molecule has 1 fully saturated rings. The number of aromatic amines is 2. The lowest BCUT2D eigenvalue weighted by Crippen LogP contribution is -2.12. The molecule has 3 rings (SSSR count). The minimum absolute atomic E-state index is 0.215. The van der Waals surface area contributed by atoms with E-state index in [2.05, 4.69) is 25.9 Å². The number of fused-ring (bicyclic) bond motifs is 1. The second-order valence-corrected chi connectivity index (χ2v) is 6.55. The van der Waals surface area contributed by atoms with E-state index in [4.69, 9.17) is 0 Å². The summed E-state index contributed by atoms with van der Waals surface area (Å²) in [6.45, 7) is 0. The number of H-pyrrole nitrogens is 2. The highest BCUT2D eigenvalue weighted by atomic mass is 79.9. The minimum Gasteiger partial charge on any atom is -0.388 e. The lowest BCUT2D eigenvalue weighted by Gasteiger charge is -2.22. The van der Waals surface area contributed by atoms with Crippen LogP contribution in [0.15, 0.2) is 21.4 Å². The Labute approximate surface area is 125 Å². The molecule has 1 unspecified atom stereocenters. The molecule has 0 bridgehead atoms. The molecule has 4 nitrogen and oxygen atoms in total. The van der Waals surface area contributed by atoms with Crippen molar-refractivity contribution in [2.75, 3.05) is 0 Å². The summed E-state index contributed by atoms with van der Waals surface area (Å²) in [6.07, 6.45) is 6.63. The molecule has 2 aromatic rings. The van der Waals surface area contributed by atoms with Gasteiger partial charge in [-0.05, 0) is 36.5 Å². The molecule has 108 valence electrons. The summed E-state index contributed by atoms with van der Waals surface area (Å²) in [5.41, 5.74) is 2.17. The van der Waals surface area contributed by atoms with Gasteiger partial charge in [0.2, 0.25) is 0 Å². The van der Waals surface area contributed by atoms with Crippen molar-refractivity contribution in [3.05, 3.63) is 32.7 Å². The molecule has 1 aromatic carbocycles. The van der Waals surface area contributed by atoms with Crippen molar-refractivity contribution in [3.63, 3.8) is 0 Å². The summed E-state index contributed by atoms with van der Waals surface area (Å²) in [5, 5.41) is 10.7. The van der Waals surface area contributed by atoms with Crippen LogP contribution in [-0.2, 0) is 0 Å². The number of hydrogen-bond donors (Lipinski definition) is 3. The van der Waals surface area contributed by atoms with Gasteiger partial charge >= 0.3 is 5.69 Å². The Morgan fingerprint density at radius 2 is 1.70 bits per heavy atom. The van der Waals surface area contributed by atoms with Gasteiger partial charge in [0.1, 0.15) is 0 Å². The molecule has 20 heavy (non-hydrogen) atoms. The highest BCUT2D eigenvalue weighted by Crippen LogP contribution is 2.37. The lowest BCUT2D eigenvalue weighted by atomic mass is 9.89. The normalized spacial score (nSPS) is 19.1. The van der Waals surface area contributed by atoms with E-state index in [1.807, 2.05) is 12.1 Å². The number of aliphatic hydroxyl groups is 1. The van der Waals surface area contributed by atoms with Crippen molar-refractivity contribution in [1.29, 1.82) is 0 Å². The summed E-state index contributed by atoms with van der Waals surface area (Å²) < 4.78 is 0.858. The number of hydrogen-bond acceptors (Lipinski definition) is 2. The molecule has 3 N–H and O–H groups in total. The van der Waals surface area contributed by atoms with Crippen LogP contribution in [0.1, 0.15) is 50.2 Å². The lowest BCUT2D eigenvalue weighted by molar-refractivity contribution is 0.0983. The zero-order valence-electron chi connectivity index (χ0n) is 11.3. The van der Waals surface area contributed by atoms with Crippen LogP contribution in [0.5, 0.6) is 0 Å². The Kier molecular flexibility index (Phi) is 3.98. The molecule has 1 aliphatic rings. The van der Waals surface area contributed by atoms with Crippen LogP contribution in [0.2, 0.25) is 0 Å². The highest BCUT2D eigenvalue weighted by Gasteiger charge is 2.24. The molecular formula is C15H19BrN2O2. The zero-order chi connectivity index (χ0) is 14.1. The summed E-state index contributed by atoms with van der Waals surface area (Å²) in [6, 6.07) is 3.75. The van der Waals surface area contributed by atoms with Gasteiger partial charge in [-0.25, -0.2) is 4.79 Å². The zero-order valence-corrected chi connectivity index (χ0v) is 12.9. The smallest absolute Gasteiger partial charge is 0.323 e. The van der Waals surface area contributed by atoms with E-state index in [-0.39, 0.29) is 5.69 Å². The fourth-order valence-corrected chi connectivity index (χ4v) is 3.76. The first-order valence-corrected chi connectivity index (χ1v) is 8.04. The largest absolute Gasteiger partial charge is 0.388 e. The fourth-order valence-electron chi connectivity index (χ4n) is 3.18. The van der Waals surface area contributed by atoms with Crippen molar-refractivity contribution in [2.24, 2.45) is 5.92 Å². The summed E-state index contributed by atoms with van der Waals surface area (Å²) in [5.74, 6) is 0.317. The molecule has 5 heteroatoms. The number of aromatic nitrogens is 2. The van der Waals surface area contributed by atoms with Crippen LogP contribution in [0.25, 0.3) is 11.0 Å². The minimum atomic E-state index is -0.467. The van der Waals surface area contributed by atoms with Crippen LogP contribution < -0.4 is 5.69 Å². The summed E-state index contributed by atoms with van der Waals surface area (Å²) >= 11 is 3.52. The quantitative estimate of drug-likeness (QED) is 0.732. The van der Waals surface area contributed by atoms with Gasteiger partial charge < -0.3 is 15.1 Å². The Balaban J connectivity index is 1.95. The summed E-state index contributed by atoms with van der Waals surface area (Å²) in [7, 11) is 0. The van der Waals surface area contributed by atoms with E-state index in [0.717, 1.165) is 33.9 Å². The number of rotatable bonds is 2. The first-order chi connectivity index (χ1) is 9.65. The maximum Gasteiger partial charge on any atom is 0.323 e. The van der Waals surface area contributed by atoms with Crippen LogP contribution in [-0.4, -0.2) is 15.1 Å². The van der Waals surface area contributed by atoms with Crippen molar-refractivity contribution in [3.8, 4) is 0 Å². The van der Waals surface area contributed by atoms with Crippen LogP contribution >= 0.6 is 15.9 Å². The highest BCUT2D eigenvalue weighted by molar-refractivity contribution is 9.10. The van der Waals surface area contributed by atoms with E-state index in [0.29, 0.717) is 5.92 Å². The van der Waals surface area contributed by atoms with E-state index in [1.54, 1.807) is 0 Å². The van der Waals surface area contributed by atoms with Crippen molar-refractivity contribution in [2.45, 2.75) is 44.6 Å². The molecule has 1 heterocycles. The number of aliphatic hydroxyl groups excluding tert-OH is 1. The standard InChI is InChI=1S/C15H19BrN2O2/c16-11-8-13-12(17-15(20)18-13)7-10(11)14(19)9-5-3-1-2-4-6-9/h7-9,14,19H,1-6H2,(H2,17,18,20). The molecule has 0 spiro atoms. The van der Waals surface area contributed by atoms with Gasteiger partial charge in [0.05, 0.1) is 17.1 Å². The monoisotopic (exact) mass is 338 g/mol. The molecule has 0 aliphatic heterocycles. The van der Waals surface area contributed by atoms with Crippen LogP contribution in [0.4, 0.5) is 0 Å². The van der Waals surface area contributed by atoms with Gasteiger partial charge in [-0.2, -0.15) is 0 Å². The first-order valence-electron chi connectivity index (χ1n) is 7.24. The molecule has 1 aliphatic carbocycles. The SMILES string of the molecule is O=c1[nH]c2cc(Br)c(C(O)C3CCCCCC3)cc2[nH]1.